The van der Waals surface area contributed by atoms with Crippen LogP contribution in [0.15, 0.2) is 0 Å². The molecule has 0 saturated heterocycles. The summed E-state index contributed by atoms with van der Waals surface area (Å²) in [4.78, 5) is 11.9. The Labute approximate surface area is 81.1 Å². The summed E-state index contributed by atoms with van der Waals surface area (Å²) in [6.07, 6.45) is 0. The molecule has 0 amide bonds. The first kappa shape index (κ1) is 10.1. The monoisotopic (exact) mass is 200 g/mol. The Bertz CT molecular complexity index is 296. The van der Waals surface area contributed by atoms with Crippen LogP contribution < -0.4 is 0 Å². The predicted octanol–water partition coefficient (Wildman–Crippen LogP) is 1.84. The zero-order chi connectivity index (χ0) is 9.84. The zero-order valence-electron chi connectivity index (χ0n) is 7.90. The van der Waals surface area contributed by atoms with E-state index in [4.69, 9.17) is 4.74 Å². The molecule has 0 radical (unpaired) electrons. The normalized spacial score (nSPS) is 10.5. The van der Waals surface area contributed by atoms with E-state index in [0.29, 0.717) is 11.5 Å². The molecule has 0 aliphatic rings. The summed E-state index contributed by atoms with van der Waals surface area (Å²) in [6, 6.07) is 0. The van der Waals surface area contributed by atoms with Crippen molar-refractivity contribution in [2.24, 2.45) is 0 Å². The van der Waals surface area contributed by atoms with Crippen LogP contribution in [0.1, 0.15) is 42.1 Å². The summed E-state index contributed by atoms with van der Waals surface area (Å²) in [7, 11) is 0. The molecule has 0 aliphatic heterocycles. The van der Waals surface area contributed by atoms with Crippen LogP contribution in [0.3, 0.4) is 0 Å². The number of carbonyl (C=O) groups is 1. The van der Waals surface area contributed by atoms with Crippen molar-refractivity contribution in [3.05, 3.63) is 10.6 Å². The molecule has 0 aliphatic carbocycles. The highest BCUT2D eigenvalue weighted by Gasteiger charge is 2.19. The third-order valence-electron chi connectivity index (χ3n) is 1.52. The standard InChI is InChI=1S/C8H12N2O2S/c1-4-12-8(11)7-6(5(2)3)9-10-13-7/h5H,4H2,1-3H3. The third kappa shape index (κ3) is 2.24. The SMILES string of the molecule is CCOC(=O)c1snnc1C(C)C. The van der Waals surface area contributed by atoms with E-state index in [1.54, 1.807) is 6.92 Å². The molecule has 0 fully saturated rings. The van der Waals surface area contributed by atoms with Crippen molar-refractivity contribution in [1.29, 1.82) is 0 Å². The van der Waals surface area contributed by atoms with Crippen LogP contribution in [0.4, 0.5) is 0 Å². The second-order valence-corrected chi connectivity index (χ2v) is 3.62. The fourth-order valence-electron chi connectivity index (χ4n) is 0.914. The van der Waals surface area contributed by atoms with Crippen molar-refractivity contribution in [2.45, 2.75) is 26.7 Å². The van der Waals surface area contributed by atoms with Gasteiger partial charge in [0, 0.05) is 0 Å². The maximum Gasteiger partial charge on any atom is 0.351 e. The summed E-state index contributed by atoms with van der Waals surface area (Å²) in [5.41, 5.74) is 0.725. The van der Waals surface area contributed by atoms with E-state index in [-0.39, 0.29) is 11.9 Å². The number of hydrogen-bond acceptors (Lipinski definition) is 5. The minimum atomic E-state index is -0.318. The molecule has 13 heavy (non-hydrogen) atoms. The molecule has 5 heteroatoms. The van der Waals surface area contributed by atoms with E-state index >= 15 is 0 Å². The fourth-order valence-corrected chi connectivity index (χ4v) is 1.63. The highest BCUT2D eigenvalue weighted by atomic mass is 32.1. The van der Waals surface area contributed by atoms with Gasteiger partial charge in [0.25, 0.3) is 0 Å². The molecular weight excluding hydrogens is 188 g/mol. The van der Waals surface area contributed by atoms with Gasteiger partial charge >= 0.3 is 5.97 Å². The fraction of sp³-hybridized carbons (Fsp3) is 0.625. The molecule has 72 valence electrons. The lowest BCUT2D eigenvalue weighted by Gasteiger charge is -2.02. The second-order valence-electron chi connectivity index (χ2n) is 2.86. The van der Waals surface area contributed by atoms with Gasteiger partial charge in [-0.05, 0) is 24.4 Å². The van der Waals surface area contributed by atoms with E-state index in [2.05, 4.69) is 9.59 Å². The molecule has 1 aromatic heterocycles. The lowest BCUT2D eigenvalue weighted by atomic mass is 10.1. The van der Waals surface area contributed by atoms with Crippen LogP contribution in [0.5, 0.6) is 0 Å². The number of ether oxygens (including phenoxy) is 1. The largest absolute Gasteiger partial charge is 0.462 e. The Hall–Kier alpha value is -0.970. The number of nitrogens with zero attached hydrogens (tertiary/aromatic N) is 2. The molecule has 0 N–H and O–H groups in total. The topological polar surface area (TPSA) is 52.1 Å². The van der Waals surface area contributed by atoms with Crippen LogP contribution in [-0.2, 0) is 4.74 Å². The minimum Gasteiger partial charge on any atom is -0.462 e. The van der Waals surface area contributed by atoms with Gasteiger partial charge in [0.05, 0.1) is 12.3 Å². The summed E-state index contributed by atoms with van der Waals surface area (Å²) in [6.45, 7) is 6.11. The van der Waals surface area contributed by atoms with E-state index in [0.717, 1.165) is 17.2 Å². The molecule has 0 atom stereocenters. The molecule has 4 nitrogen and oxygen atoms in total. The average molecular weight is 200 g/mol. The first-order valence-corrected chi connectivity index (χ1v) is 4.93. The average Bonchev–Trinajstić information content (AvgIpc) is 2.52. The zero-order valence-corrected chi connectivity index (χ0v) is 8.72. The van der Waals surface area contributed by atoms with E-state index in [1.165, 1.54) is 0 Å². The van der Waals surface area contributed by atoms with Crippen molar-refractivity contribution < 1.29 is 9.53 Å². The van der Waals surface area contributed by atoms with Crippen molar-refractivity contribution in [3.8, 4) is 0 Å². The van der Waals surface area contributed by atoms with Gasteiger partial charge in [0.15, 0.2) is 4.88 Å². The molecule has 0 spiro atoms. The summed E-state index contributed by atoms with van der Waals surface area (Å²) >= 11 is 1.09. The molecule has 1 aromatic rings. The lowest BCUT2D eigenvalue weighted by Crippen LogP contribution is -2.06. The molecule has 0 unspecified atom stereocenters. The van der Waals surface area contributed by atoms with E-state index in [1.807, 2.05) is 13.8 Å². The Kier molecular flexibility index (Phi) is 3.36. The van der Waals surface area contributed by atoms with Gasteiger partial charge in [0.2, 0.25) is 0 Å². The summed E-state index contributed by atoms with van der Waals surface area (Å²) in [5.74, 6) is -0.112. The van der Waals surface area contributed by atoms with Crippen molar-refractivity contribution in [3.63, 3.8) is 0 Å². The van der Waals surface area contributed by atoms with Gasteiger partial charge < -0.3 is 4.74 Å². The summed E-state index contributed by atoms with van der Waals surface area (Å²) < 4.78 is 8.61. The number of hydrogen-bond donors (Lipinski definition) is 0. The molecular formula is C8H12N2O2S. The van der Waals surface area contributed by atoms with Crippen LogP contribution in [-0.4, -0.2) is 22.2 Å². The Morgan fingerprint density at radius 1 is 1.62 bits per heavy atom. The minimum absolute atomic E-state index is 0.207. The Morgan fingerprint density at radius 3 is 2.85 bits per heavy atom. The highest BCUT2D eigenvalue weighted by Crippen LogP contribution is 2.20. The van der Waals surface area contributed by atoms with Crippen LogP contribution in [0, 0.1) is 0 Å². The molecule has 1 rings (SSSR count). The third-order valence-corrected chi connectivity index (χ3v) is 2.24. The maximum atomic E-state index is 11.3. The van der Waals surface area contributed by atoms with Crippen LogP contribution in [0.25, 0.3) is 0 Å². The predicted molar refractivity (Wildman–Crippen MR) is 50.0 cm³/mol. The number of rotatable bonds is 3. The molecule has 0 saturated carbocycles. The molecule has 1 heterocycles. The first-order valence-electron chi connectivity index (χ1n) is 4.16. The van der Waals surface area contributed by atoms with Crippen LogP contribution in [0.2, 0.25) is 0 Å². The number of aromatic nitrogens is 2. The van der Waals surface area contributed by atoms with Crippen LogP contribution >= 0.6 is 11.5 Å². The molecule has 0 aromatic carbocycles. The smallest absolute Gasteiger partial charge is 0.351 e. The Morgan fingerprint density at radius 2 is 2.31 bits per heavy atom. The van der Waals surface area contributed by atoms with Gasteiger partial charge in [-0.3, -0.25) is 0 Å². The quantitative estimate of drug-likeness (QED) is 0.698. The first-order chi connectivity index (χ1) is 6.16. The van der Waals surface area contributed by atoms with Gasteiger partial charge in [-0.25, -0.2) is 4.79 Å². The number of esters is 1. The lowest BCUT2D eigenvalue weighted by molar-refractivity contribution is 0.0530. The Balaban J connectivity index is 2.87. The van der Waals surface area contributed by atoms with Gasteiger partial charge in [-0.2, -0.15) is 0 Å². The summed E-state index contributed by atoms with van der Waals surface area (Å²) in [5, 5.41) is 3.89. The van der Waals surface area contributed by atoms with E-state index < -0.39 is 0 Å². The highest BCUT2D eigenvalue weighted by molar-refractivity contribution is 7.07. The maximum absolute atomic E-state index is 11.3. The second kappa shape index (κ2) is 4.32. The van der Waals surface area contributed by atoms with Crippen molar-refractivity contribution >= 4 is 17.5 Å². The molecule has 0 bridgehead atoms. The number of carbonyl (C=O) groups excluding carboxylic acids is 1. The van der Waals surface area contributed by atoms with Gasteiger partial charge in [-0.15, -0.1) is 5.10 Å². The van der Waals surface area contributed by atoms with Gasteiger partial charge in [0.1, 0.15) is 0 Å². The van der Waals surface area contributed by atoms with Crippen molar-refractivity contribution in [1.82, 2.24) is 9.59 Å². The van der Waals surface area contributed by atoms with E-state index in [9.17, 15) is 4.79 Å². The van der Waals surface area contributed by atoms with Gasteiger partial charge in [-0.1, -0.05) is 18.3 Å². The van der Waals surface area contributed by atoms with Crippen molar-refractivity contribution in [2.75, 3.05) is 6.61 Å².